The minimum absolute atomic E-state index is 0.0387. The Bertz CT molecular complexity index is 495. The van der Waals surface area contributed by atoms with E-state index < -0.39 is 17.4 Å². The Balaban J connectivity index is 1.56. The standard InChI is InChI=1S/C15H23N3O5/c19-12-9-11(14(21)22)15(16-12)1-3-18(4-2-15)13(20)10-17-5-7-23-8-6-17/h11H,1-10H2,(H,16,19)(H,21,22)/t11-/m0/s1. The van der Waals surface area contributed by atoms with Crippen LogP contribution in [-0.2, 0) is 19.1 Å². The molecule has 0 unspecified atom stereocenters. The number of carbonyl (C=O) groups is 3. The van der Waals surface area contributed by atoms with Crippen LogP contribution >= 0.6 is 0 Å². The van der Waals surface area contributed by atoms with Crippen molar-refractivity contribution in [3.63, 3.8) is 0 Å². The van der Waals surface area contributed by atoms with Crippen molar-refractivity contribution in [2.45, 2.75) is 24.8 Å². The van der Waals surface area contributed by atoms with Gasteiger partial charge in [-0.1, -0.05) is 0 Å². The molecule has 1 atom stereocenters. The van der Waals surface area contributed by atoms with Gasteiger partial charge in [-0.2, -0.15) is 0 Å². The minimum Gasteiger partial charge on any atom is -0.481 e. The molecule has 3 aliphatic rings. The molecule has 23 heavy (non-hydrogen) atoms. The molecule has 0 aromatic rings. The van der Waals surface area contributed by atoms with Crippen LogP contribution < -0.4 is 5.32 Å². The summed E-state index contributed by atoms with van der Waals surface area (Å²) in [5, 5.41) is 12.2. The van der Waals surface area contributed by atoms with Crippen molar-refractivity contribution in [2.24, 2.45) is 5.92 Å². The van der Waals surface area contributed by atoms with Crippen molar-refractivity contribution in [3.8, 4) is 0 Å². The van der Waals surface area contributed by atoms with Gasteiger partial charge in [0.15, 0.2) is 0 Å². The fourth-order valence-electron chi connectivity index (χ4n) is 3.80. The van der Waals surface area contributed by atoms with E-state index in [4.69, 9.17) is 4.74 Å². The average molecular weight is 325 g/mol. The topological polar surface area (TPSA) is 99.2 Å². The number of nitrogens with zero attached hydrogens (tertiary/aromatic N) is 2. The largest absolute Gasteiger partial charge is 0.481 e. The Morgan fingerprint density at radius 3 is 2.48 bits per heavy atom. The average Bonchev–Trinajstić information content (AvgIpc) is 2.85. The number of nitrogens with one attached hydrogen (secondary N) is 1. The fraction of sp³-hybridized carbons (Fsp3) is 0.800. The molecule has 0 radical (unpaired) electrons. The maximum absolute atomic E-state index is 12.4. The highest BCUT2D eigenvalue weighted by molar-refractivity contribution is 5.88. The number of amides is 2. The quantitative estimate of drug-likeness (QED) is 0.683. The second kappa shape index (κ2) is 6.45. The van der Waals surface area contributed by atoms with E-state index in [2.05, 4.69) is 10.2 Å². The molecule has 3 fully saturated rings. The molecule has 3 saturated heterocycles. The predicted molar refractivity (Wildman–Crippen MR) is 79.7 cm³/mol. The molecular formula is C15H23N3O5. The van der Waals surface area contributed by atoms with E-state index in [1.165, 1.54) is 0 Å². The first-order chi connectivity index (χ1) is 11.0. The number of carboxylic acid groups (broad SMARTS) is 1. The Kier molecular flexibility index (Phi) is 4.54. The first-order valence-corrected chi connectivity index (χ1v) is 8.12. The normalized spacial score (nSPS) is 27.9. The molecule has 3 heterocycles. The zero-order chi connectivity index (χ0) is 16.4. The van der Waals surface area contributed by atoms with Gasteiger partial charge in [0.25, 0.3) is 0 Å². The molecule has 128 valence electrons. The highest BCUT2D eigenvalue weighted by Crippen LogP contribution is 2.36. The Labute approximate surface area is 134 Å². The van der Waals surface area contributed by atoms with Gasteiger partial charge < -0.3 is 20.1 Å². The van der Waals surface area contributed by atoms with E-state index in [0.717, 1.165) is 13.1 Å². The molecule has 2 N–H and O–H groups in total. The number of carboxylic acids is 1. The van der Waals surface area contributed by atoms with E-state index in [0.29, 0.717) is 45.7 Å². The first kappa shape index (κ1) is 16.2. The Morgan fingerprint density at radius 1 is 1.22 bits per heavy atom. The van der Waals surface area contributed by atoms with Crippen molar-refractivity contribution in [1.29, 1.82) is 0 Å². The lowest BCUT2D eigenvalue weighted by molar-refractivity contribution is -0.145. The molecule has 0 bridgehead atoms. The molecule has 0 aromatic carbocycles. The van der Waals surface area contributed by atoms with Crippen molar-refractivity contribution in [2.75, 3.05) is 45.9 Å². The third-order valence-electron chi connectivity index (χ3n) is 5.21. The molecule has 3 rings (SSSR count). The third kappa shape index (κ3) is 3.32. The minimum atomic E-state index is -0.934. The molecule has 2 amide bonds. The van der Waals surface area contributed by atoms with Crippen LogP contribution in [0.25, 0.3) is 0 Å². The molecular weight excluding hydrogens is 302 g/mol. The van der Waals surface area contributed by atoms with E-state index >= 15 is 0 Å². The summed E-state index contributed by atoms with van der Waals surface area (Å²) < 4.78 is 5.27. The van der Waals surface area contributed by atoms with E-state index in [1.54, 1.807) is 4.90 Å². The van der Waals surface area contributed by atoms with Crippen molar-refractivity contribution in [1.82, 2.24) is 15.1 Å². The number of piperidine rings is 1. The van der Waals surface area contributed by atoms with Gasteiger partial charge in [-0.05, 0) is 12.8 Å². The van der Waals surface area contributed by atoms with Crippen molar-refractivity contribution in [3.05, 3.63) is 0 Å². The van der Waals surface area contributed by atoms with Crippen LogP contribution in [0.5, 0.6) is 0 Å². The van der Waals surface area contributed by atoms with Crippen molar-refractivity contribution >= 4 is 17.8 Å². The molecule has 8 heteroatoms. The maximum atomic E-state index is 12.4. The Morgan fingerprint density at radius 2 is 1.87 bits per heavy atom. The second-order valence-corrected chi connectivity index (χ2v) is 6.57. The maximum Gasteiger partial charge on any atom is 0.309 e. The number of carbonyl (C=O) groups excluding carboxylic acids is 2. The number of rotatable bonds is 3. The third-order valence-corrected chi connectivity index (χ3v) is 5.21. The number of likely N-dealkylation sites (tertiary alicyclic amines) is 1. The van der Waals surface area contributed by atoms with Crippen LogP contribution in [0, 0.1) is 5.92 Å². The molecule has 0 aliphatic carbocycles. The molecule has 3 aliphatic heterocycles. The van der Waals surface area contributed by atoms with Crippen molar-refractivity contribution < 1.29 is 24.2 Å². The fourth-order valence-corrected chi connectivity index (χ4v) is 3.80. The first-order valence-electron chi connectivity index (χ1n) is 8.12. The number of aliphatic carboxylic acids is 1. The van der Waals surface area contributed by atoms with Crippen LogP contribution in [0.1, 0.15) is 19.3 Å². The number of ether oxygens (including phenoxy) is 1. The molecule has 0 aromatic heterocycles. The summed E-state index contributed by atoms with van der Waals surface area (Å²) in [7, 11) is 0. The van der Waals surface area contributed by atoms with E-state index in [-0.39, 0.29) is 18.2 Å². The highest BCUT2D eigenvalue weighted by atomic mass is 16.5. The lowest BCUT2D eigenvalue weighted by Crippen LogP contribution is -2.57. The van der Waals surface area contributed by atoms with Gasteiger partial charge in [0.1, 0.15) is 0 Å². The van der Waals surface area contributed by atoms with Gasteiger partial charge in [-0.3, -0.25) is 19.3 Å². The second-order valence-electron chi connectivity index (χ2n) is 6.57. The van der Waals surface area contributed by atoms with Crippen LogP contribution in [0.3, 0.4) is 0 Å². The van der Waals surface area contributed by atoms with Crippen LogP contribution in [0.2, 0.25) is 0 Å². The smallest absolute Gasteiger partial charge is 0.309 e. The van der Waals surface area contributed by atoms with Crippen LogP contribution in [-0.4, -0.2) is 84.2 Å². The van der Waals surface area contributed by atoms with Gasteiger partial charge in [-0.25, -0.2) is 0 Å². The zero-order valence-corrected chi connectivity index (χ0v) is 13.1. The van der Waals surface area contributed by atoms with Gasteiger partial charge in [-0.15, -0.1) is 0 Å². The number of morpholine rings is 1. The van der Waals surface area contributed by atoms with E-state index in [9.17, 15) is 19.5 Å². The monoisotopic (exact) mass is 325 g/mol. The highest BCUT2D eigenvalue weighted by Gasteiger charge is 2.51. The predicted octanol–water partition coefficient (Wildman–Crippen LogP) is -1.10. The summed E-state index contributed by atoms with van der Waals surface area (Å²) in [6.45, 7) is 4.21. The molecule has 0 saturated carbocycles. The SMILES string of the molecule is O=C1C[C@@H](C(=O)O)C2(CCN(C(=O)CN3CCOCC3)CC2)N1. The Hall–Kier alpha value is -1.67. The number of hydrogen-bond acceptors (Lipinski definition) is 5. The van der Waals surface area contributed by atoms with Crippen LogP contribution in [0.15, 0.2) is 0 Å². The zero-order valence-electron chi connectivity index (χ0n) is 13.1. The van der Waals surface area contributed by atoms with Gasteiger partial charge in [0.05, 0.1) is 31.2 Å². The lowest BCUT2D eigenvalue weighted by Gasteiger charge is -2.42. The summed E-state index contributed by atoms with van der Waals surface area (Å²) in [5.74, 6) is -1.76. The summed E-state index contributed by atoms with van der Waals surface area (Å²) in [5.41, 5.74) is -0.682. The summed E-state index contributed by atoms with van der Waals surface area (Å²) in [6.07, 6.45) is 1.05. The lowest BCUT2D eigenvalue weighted by atomic mass is 9.77. The van der Waals surface area contributed by atoms with Gasteiger partial charge in [0.2, 0.25) is 11.8 Å². The molecule has 1 spiro atoms. The van der Waals surface area contributed by atoms with Crippen LogP contribution in [0.4, 0.5) is 0 Å². The summed E-state index contributed by atoms with van der Waals surface area (Å²) >= 11 is 0. The van der Waals surface area contributed by atoms with Gasteiger partial charge >= 0.3 is 5.97 Å². The summed E-state index contributed by atoms with van der Waals surface area (Å²) in [4.78, 5) is 39.3. The van der Waals surface area contributed by atoms with E-state index in [1.807, 2.05) is 0 Å². The van der Waals surface area contributed by atoms with Gasteiger partial charge in [0, 0.05) is 32.6 Å². The number of hydrogen-bond donors (Lipinski definition) is 2. The summed E-state index contributed by atoms with van der Waals surface area (Å²) in [6, 6.07) is 0. The molecule has 8 nitrogen and oxygen atoms in total.